The van der Waals surface area contributed by atoms with E-state index in [1.807, 2.05) is 42.7 Å². The maximum Gasteiger partial charge on any atom is 0.160 e. The maximum absolute atomic E-state index is 5.07. The van der Waals surface area contributed by atoms with Gasteiger partial charge in [0, 0.05) is 34.5 Å². The molecule has 0 unspecified atom stereocenters. The second-order valence-electron chi connectivity index (χ2n) is 12.1. The largest absolute Gasteiger partial charge is 0.265 e. The number of nitrogens with zero attached hydrogens (tertiary/aromatic N) is 3. The molecule has 0 spiro atoms. The zero-order valence-electron chi connectivity index (χ0n) is 25.3. The Kier molecular flexibility index (Phi) is 6.46. The molecule has 2 heterocycles. The van der Waals surface area contributed by atoms with Gasteiger partial charge in [0.05, 0.1) is 11.4 Å². The Morgan fingerprint density at radius 2 is 0.911 bits per heavy atom. The topological polar surface area (TPSA) is 38.7 Å². The smallest absolute Gasteiger partial charge is 0.160 e. The van der Waals surface area contributed by atoms with E-state index in [-0.39, 0.29) is 5.41 Å². The van der Waals surface area contributed by atoms with Crippen LogP contribution in [0.5, 0.6) is 0 Å². The Balaban J connectivity index is 1.16. The first-order valence-electron chi connectivity index (χ1n) is 15.4. The van der Waals surface area contributed by atoms with E-state index in [1.54, 1.807) is 0 Å². The van der Waals surface area contributed by atoms with Crippen molar-refractivity contribution >= 4 is 0 Å². The molecule has 1 aliphatic carbocycles. The molecule has 0 fully saturated rings. The molecule has 7 aromatic rings. The van der Waals surface area contributed by atoms with Crippen molar-refractivity contribution in [1.29, 1.82) is 0 Å². The highest BCUT2D eigenvalue weighted by Crippen LogP contribution is 2.49. The highest BCUT2D eigenvalue weighted by atomic mass is 14.9. The Labute approximate surface area is 264 Å². The Hall–Kier alpha value is -5.67. The van der Waals surface area contributed by atoms with Crippen molar-refractivity contribution in [3.8, 4) is 67.3 Å². The standard InChI is InChI=1S/C42H31N3/c1-42(2)37-11-7-6-10-35(37)36-21-20-34(26-38(36)42)29-12-16-32(17-13-29)40-27-39(31-8-4-3-5-9-31)44-41(45-40)33-18-14-28(15-19-33)30-22-24-43-25-23-30/h3-27H,1-2H3. The molecule has 0 bridgehead atoms. The molecule has 2 aromatic heterocycles. The quantitative estimate of drug-likeness (QED) is 0.204. The second-order valence-corrected chi connectivity index (χ2v) is 12.1. The SMILES string of the molecule is CC1(C)c2ccccc2-c2ccc(-c3ccc(-c4cc(-c5ccccc5)nc(-c5ccc(-c6ccncc6)cc5)n4)cc3)cc21. The van der Waals surface area contributed by atoms with E-state index in [1.165, 1.54) is 33.4 Å². The predicted octanol–water partition coefficient (Wildman–Crippen LogP) is 10.5. The van der Waals surface area contributed by atoms with Crippen LogP contribution in [0.1, 0.15) is 25.0 Å². The summed E-state index contributed by atoms with van der Waals surface area (Å²) in [5.41, 5.74) is 15.0. The summed E-state index contributed by atoms with van der Waals surface area (Å²) in [6, 6.07) is 49.3. The fraction of sp³-hybridized carbons (Fsp3) is 0.0714. The molecule has 0 atom stereocenters. The normalized spacial score (nSPS) is 12.8. The number of aromatic nitrogens is 3. The lowest BCUT2D eigenvalue weighted by Crippen LogP contribution is -2.14. The lowest BCUT2D eigenvalue weighted by atomic mass is 9.81. The third kappa shape index (κ3) is 4.83. The third-order valence-electron chi connectivity index (χ3n) is 9.05. The van der Waals surface area contributed by atoms with Crippen LogP contribution in [-0.4, -0.2) is 15.0 Å². The molecule has 0 aliphatic heterocycles. The van der Waals surface area contributed by atoms with Crippen LogP contribution in [0, 0.1) is 0 Å². The summed E-state index contributed by atoms with van der Waals surface area (Å²) in [6.07, 6.45) is 3.63. The Morgan fingerprint density at radius 3 is 1.62 bits per heavy atom. The van der Waals surface area contributed by atoms with Crippen molar-refractivity contribution in [3.63, 3.8) is 0 Å². The average molecular weight is 578 g/mol. The number of fused-ring (bicyclic) bond motifs is 3. The van der Waals surface area contributed by atoms with Gasteiger partial charge in [-0.1, -0.05) is 129 Å². The van der Waals surface area contributed by atoms with Gasteiger partial charge in [0.1, 0.15) is 0 Å². The number of hydrogen-bond donors (Lipinski definition) is 0. The van der Waals surface area contributed by atoms with Gasteiger partial charge in [0.15, 0.2) is 5.82 Å². The third-order valence-corrected chi connectivity index (χ3v) is 9.05. The highest BCUT2D eigenvalue weighted by molar-refractivity contribution is 5.84. The number of hydrogen-bond acceptors (Lipinski definition) is 3. The molecule has 1 aliphatic rings. The Bertz CT molecular complexity index is 2150. The fourth-order valence-corrected chi connectivity index (χ4v) is 6.55. The van der Waals surface area contributed by atoms with E-state index in [4.69, 9.17) is 9.97 Å². The Morgan fingerprint density at radius 1 is 0.400 bits per heavy atom. The van der Waals surface area contributed by atoms with Gasteiger partial charge in [-0.2, -0.15) is 0 Å². The second kappa shape index (κ2) is 10.8. The van der Waals surface area contributed by atoms with E-state index in [0.29, 0.717) is 5.82 Å². The van der Waals surface area contributed by atoms with Crippen LogP contribution in [-0.2, 0) is 5.41 Å². The molecule has 3 nitrogen and oxygen atoms in total. The summed E-state index contributed by atoms with van der Waals surface area (Å²) in [7, 11) is 0. The fourth-order valence-electron chi connectivity index (χ4n) is 6.55. The molecule has 0 saturated heterocycles. The van der Waals surface area contributed by atoms with Gasteiger partial charge in [-0.05, 0) is 68.8 Å². The van der Waals surface area contributed by atoms with Gasteiger partial charge in [0.2, 0.25) is 0 Å². The van der Waals surface area contributed by atoms with Crippen molar-refractivity contribution in [2.45, 2.75) is 19.3 Å². The molecule has 0 saturated carbocycles. The first kappa shape index (κ1) is 26.9. The summed E-state index contributed by atoms with van der Waals surface area (Å²) >= 11 is 0. The molecule has 5 aromatic carbocycles. The van der Waals surface area contributed by atoms with Gasteiger partial charge in [-0.15, -0.1) is 0 Å². The van der Waals surface area contributed by atoms with Crippen LogP contribution in [0.3, 0.4) is 0 Å². The minimum atomic E-state index is -0.0242. The van der Waals surface area contributed by atoms with Gasteiger partial charge >= 0.3 is 0 Å². The lowest BCUT2D eigenvalue weighted by Gasteiger charge is -2.22. The minimum absolute atomic E-state index is 0.0242. The van der Waals surface area contributed by atoms with Crippen LogP contribution in [0.4, 0.5) is 0 Å². The highest BCUT2D eigenvalue weighted by Gasteiger charge is 2.35. The minimum Gasteiger partial charge on any atom is -0.265 e. The number of pyridine rings is 1. The first-order valence-corrected chi connectivity index (χ1v) is 15.4. The molecule has 45 heavy (non-hydrogen) atoms. The van der Waals surface area contributed by atoms with Crippen molar-refractivity contribution < 1.29 is 0 Å². The van der Waals surface area contributed by atoms with Gasteiger partial charge in [0.25, 0.3) is 0 Å². The molecule has 0 amide bonds. The van der Waals surface area contributed by atoms with Crippen molar-refractivity contribution in [2.24, 2.45) is 0 Å². The molecule has 214 valence electrons. The molecular formula is C42H31N3. The van der Waals surface area contributed by atoms with E-state index in [0.717, 1.165) is 39.2 Å². The van der Waals surface area contributed by atoms with E-state index < -0.39 is 0 Å². The summed E-state index contributed by atoms with van der Waals surface area (Å²) in [6.45, 7) is 4.66. The van der Waals surface area contributed by atoms with Gasteiger partial charge in [-0.3, -0.25) is 4.98 Å². The zero-order valence-corrected chi connectivity index (χ0v) is 25.3. The van der Waals surface area contributed by atoms with Crippen LogP contribution >= 0.6 is 0 Å². The lowest BCUT2D eigenvalue weighted by molar-refractivity contribution is 0.660. The summed E-state index contributed by atoms with van der Waals surface area (Å²) in [5, 5.41) is 0. The molecule has 3 heteroatoms. The molecular weight excluding hydrogens is 546 g/mol. The van der Waals surface area contributed by atoms with Crippen molar-refractivity contribution in [1.82, 2.24) is 15.0 Å². The number of benzene rings is 5. The molecule has 8 rings (SSSR count). The maximum atomic E-state index is 5.07. The molecule has 0 radical (unpaired) electrons. The van der Waals surface area contributed by atoms with Crippen molar-refractivity contribution in [3.05, 3.63) is 163 Å². The van der Waals surface area contributed by atoms with Crippen LogP contribution in [0.15, 0.2) is 152 Å². The monoisotopic (exact) mass is 577 g/mol. The summed E-state index contributed by atoms with van der Waals surface area (Å²) < 4.78 is 0. The van der Waals surface area contributed by atoms with Gasteiger partial charge in [-0.25, -0.2) is 9.97 Å². The van der Waals surface area contributed by atoms with E-state index >= 15 is 0 Å². The van der Waals surface area contributed by atoms with Gasteiger partial charge < -0.3 is 0 Å². The first-order chi connectivity index (χ1) is 22.0. The zero-order chi connectivity index (χ0) is 30.4. The van der Waals surface area contributed by atoms with E-state index in [9.17, 15) is 0 Å². The summed E-state index contributed by atoms with van der Waals surface area (Å²) in [5.74, 6) is 0.706. The number of rotatable bonds is 5. The summed E-state index contributed by atoms with van der Waals surface area (Å²) in [4.78, 5) is 14.2. The van der Waals surface area contributed by atoms with Crippen LogP contribution in [0.25, 0.3) is 67.3 Å². The van der Waals surface area contributed by atoms with Crippen molar-refractivity contribution in [2.75, 3.05) is 0 Å². The van der Waals surface area contributed by atoms with Crippen LogP contribution in [0.2, 0.25) is 0 Å². The average Bonchev–Trinajstić information content (AvgIpc) is 3.34. The van der Waals surface area contributed by atoms with Crippen LogP contribution < -0.4 is 0 Å². The predicted molar refractivity (Wildman–Crippen MR) is 185 cm³/mol. The molecule has 0 N–H and O–H groups in total. The van der Waals surface area contributed by atoms with E-state index in [2.05, 4.69) is 128 Å².